The van der Waals surface area contributed by atoms with Crippen molar-refractivity contribution in [3.8, 4) is 0 Å². The molecule has 2 aromatic heterocycles. The maximum atomic E-state index is 13.2. The number of hydrogen-bond acceptors (Lipinski definition) is 6. The van der Waals surface area contributed by atoms with Crippen LogP contribution in [0.1, 0.15) is 49.0 Å². The third-order valence-electron chi connectivity index (χ3n) is 7.00. The molecular weight excluding hydrogens is 362 g/mol. The largest absolute Gasteiger partial charge is 0.383 e. The lowest BCUT2D eigenvalue weighted by Gasteiger charge is -2.56. The average Bonchev–Trinajstić information content (AvgIpc) is 2.86. The zero-order chi connectivity index (χ0) is 18.1. The van der Waals surface area contributed by atoms with Crippen molar-refractivity contribution in [2.45, 2.75) is 57.5 Å². The summed E-state index contributed by atoms with van der Waals surface area (Å²) in [5.74, 6) is 3.87. The molecule has 4 nitrogen and oxygen atoms in total. The van der Waals surface area contributed by atoms with Crippen LogP contribution in [0.2, 0.25) is 0 Å². The smallest absolute Gasteiger partial charge is 0.191 e. The van der Waals surface area contributed by atoms with E-state index in [0.717, 1.165) is 47.2 Å². The molecule has 0 saturated heterocycles. The summed E-state index contributed by atoms with van der Waals surface area (Å²) in [5.41, 5.74) is 7.32. The maximum absolute atomic E-state index is 13.2. The van der Waals surface area contributed by atoms with Gasteiger partial charge in [0, 0.05) is 10.3 Å². The number of Topliss-reactive ketones (excluding diaryl/α,β-unsaturated/α-hetero) is 1. The Bertz CT molecular complexity index is 869. The molecule has 0 radical (unpaired) electrons. The first-order chi connectivity index (χ1) is 12.4. The highest BCUT2D eigenvalue weighted by molar-refractivity contribution is 7.99. The van der Waals surface area contributed by atoms with Crippen LogP contribution in [0, 0.1) is 37.0 Å². The van der Waals surface area contributed by atoms with Crippen molar-refractivity contribution >= 4 is 44.9 Å². The van der Waals surface area contributed by atoms with Gasteiger partial charge in [-0.2, -0.15) is 0 Å². The lowest BCUT2D eigenvalue weighted by atomic mass is 9.48. The normalized spacial score (nSPS) is 32.5. The van der Waals surface area contributed by atoms with Gasteiger partial charge in [-0.05, 0) is 75.7 Å². The van der Waals surface area contributed by atoms with Crippen LogP contribution in [-0.2, 0) is 4.79 Å². The molecule has 0 atom stereocenters. The third kappa shape index (κ3) is 2.60. The van der Waals surface area contributed by atoms with Crippen molar-refractivity contribution in [2.75, 3.05) is 11.5 Å². The highest BCUT2D eigenvalue weighted by Gasteiger charge is 2.54. The number of thioether (sulfide) groups is 1. The zero-order valence-corrected chi connectivity index (χ0v) is 17.0. The molecule has 2 heterocycles. The Kier molecular flexibility index (Phi) is 3.87. The number of hydrogen-bond donors (Lipinski definition) is 1. The van der Waals surface area contributed by atoms with Crippen LogP contribution < -0.4 is 5.73 Å². The lowest BCUT2D eigenvalue weighted by molar-refractivity contribution is -0.141. The Labute approximate surface area is 162 Å². The number of nitrogen functional groups attached to an aromatic ring is 1. The Morgan fingerprint density at radius 1 is 1.15 bits per heavy atom. The summed E-state index contributed by atoms with van der Waals surface area (Å²) in [6.07, 6.45) is 7.49. The van der Waals surface area contributed by atoms with E-state index in [1.165, 1.54) is 41.5 Å². The molecule has 138 valence electrons. The molecule has 0 unspecified atom stereocenters. The number of rotatable bonds is 4. The molecule has 4 aliphatic carbocycles. The number of thiophene rings is 1. The predicted octanol–water partition coefficient (Wildman–Crippen LogP) is 4.77. The van der Waals surface area contributed by atoms with Gasteiger partial charge in [-0.25, -0.2) is 9.97 Å². The van der Waals surface area contributed by atoms with Crippen molar-refractivity contribution in [3.05, 3.63) is 10.4 Å². The van der Waals surface area contributed by atoms with Gasteiger partial charge in [-0.1, -0.05) is 11.8 Å². The van der Waals surface area contributed by atoms with Crippen molar-refractivity contribution < 1.29 is 4.79 Å². The number of anilines is 1. The van der Waals surface area contributed by atoms with Gasteiger partial charge in [0.25, 0.3) is 0 Å². The molecule has 2 N–H and O–H groups in total. The Morgan fingerprint density at radius 3 is 2.38 bits per heavy atom. The second kappa shape index (κ2) is 5.93. The number of carbonyl (C=O) groups is 1. The number of nitrogens with two attached hydrogens (primary N) is 1. The molecule has 6 rings (SSSR count). The standard InChI is InChI=1S/C20H25N3OS2/c1-10-11(2)26-18-16(10)17(21)22-19(23-18)25-9-15(24)20-6-12-3-13(7-20)5-14(4-12)8-20/h12-14H,3-9H2,1-2H3,(H2,21,22,23). The van der Waals surface area contributed by atoms with E-state index in [4.69, 9.17) is 5.73 Å². The van der Waals surface area contributed by atoms with E-state index in [9.17, 15) is 4.79 Å². The fraction of sp³-hybridized carbons (Fsp3) is 0.650. The minimum absolute atomic E-state index is 0.0342. The summed E-state index contributed by atoms with van der Waals surface area (Å²) in [6.45, 7) is 4.15. The van der Waals surface area contributed by atoms with Crippen molar-refractivity contribution in [1.82, 2.24) is 9.97 Å². The van der Waals surface area contributed by atoms with E-state index in [1.807, 2.05) is 0 Å². The summed E-state index contributed by atoms with van der Waals surface area (Å²) >= 11 is 3.14. The first-order valence-corrected chi connectivity index (χ1v) is 11.4. The number of nitrogens with zero attached hydrogens (tertiary/aromatic N) is 2. The van der Waals surface area contributed by atoms with Crippen LogP contribution >= 0.6 is 23.1 Å². The van der Waals surface area contributed by atoms with E-state index in [0.29, 0.717) is 22.5 Å². The molecule has 0 aromatic carbocycles. The summed E-state index contributed by atoms with van der Waals surface area (Å²) in [7, 11) is 0. The number of aryl methyl sites for hydroxylation is 2. The lowest BCUT2D eigenvalue weighted by Crippen LogP contribution is -2.50. The van der Waals surface area contributed by atoms with E-state index in [-0.39, 0.29) is 5.41 Å². The minimum Gasteiger partial charge on any atom is -0.383 e. The molecule has 4 bridgehead atoms. The molecule has 6 heteroatoms. The van der Waals surface area contributed by atoms with Gasteiger partial charge in [0.1, 0.15) is 16.4 Å². The second-order valence-electron chi connectivity index (χ2n) is 8.76. The van der Waals surface area contributed by atoms with Crippen LogP contribution in [0.25, 0.3) is 10.2 Å². The fourth-order valence-electron chi connectivity index (χ4n) is 6.06. The summed E-state index contributed by atoms with van der Waals surface area (Å²) in [4.78, 5) is 24.5. The molecule has 4 fully saturated rings. The summed E-state index contributed by atoms with van der Waals surface area (Å²) < 4.78 is 0. The first-order valence-electron chi connectivity index (χ1n) is 9.63. The number of carbonyl (C=O) groups excluding carboxylic acids is 1. The van der Waals surface area contributed by atoms with E-state index in [1.54, 1.807) is 11.3 Å². The third-order valence-corrected chi connectivity index (χ3v) is 8.95. The molecule has 0 amide bonds. The molecule has 0 spiro atoms. The number of ketones is 1. The van der Waals surface area contributed by atoms with Crippen molar-refractivity contribution in [1.29, 1.82) is 0 Å². The summed E-state index contributed by atoms with van der Waals surface area (Å²) in [6, 6.07) is 0. The second-order valence-corrected chi connectivity index (χ2v) is 10.9. The van der Waals surface area contributed by atoms with Gasteiger partial charge in [-0.3, -0.25) is 4.79 Å². The van der Waals surface area contributed by atoms with Gasteiger partial charge in [0.15, 0.2) is 5.16 Å². The molecule has 26 heavy (non-hydrogen) atoms. The van der Waals surface area contributed by atoms with Crippen LogP contribution in [-0.4, -0.2) is 21.5 Å². The minimum atomic E-state index is -0.0342. The van der Waals surface area contributed by atoms with Crippen LogP contribution in [0.5, 0.6) is 0 Å². The Morgan fingerprint density at radius 2 is 1.77 bits per heavy atom. The fourth-order valence-corrected chi connectivity index (χ4v) is 8.04. The SMILES string of the molecule is Cc1sc2nc(SCC(=O)C34CC5CC(CC(C5)C3)C4)nc(N)c2c1C. The maximum Gasteiger partial charge on any atom is 0.191 e. The van der Waals surface area contributed by atoms with E-state index in [2.05, 4.69) is 23.8 Å². The van der Waals surface area contributed by atoms with E-state index < -0.39 is 0 Å². The van der Waals surface area contributed by atoms with Crippen LogP contribution in [0.4, 0.5) is 5.82 Å². The molecule has 2 aromatic rings. The van der Waals surface area contributed by atoms with E-state index >= 15 is 0 Å². The monoisotopic (exact) mass is 387 g/mol. The average molecular weight is 388 g/mol. The highest BCUT2D eigenvalue weighted by atomic mass is 32.2. The van der Waals surface area contributed by atoms with Gasteiger partial charge in [0.2, 0.25) is 0 Å². The molecule has 4 aliphatic rings. The van der Waals surface area contributed by atoms with Gasteiger partial charge < -0.3 is 5.73 Å². The van der Waals surface area contributed by atoms with Gasteiger partial charge >= 0.3 is 0 Å². The van der Waals surface area contributed by atoms with Crippen LogP contribution in [0.3, 0.4) is 0 Å². The van der Waals surface area contributed by atoms with Crippen molar-refractivity contribution in [3.63, 3.8) is 0 Å². The Hall–Kier alpha value is -1.14. The molecule has 0 aliphatic heterocycles. The Balaban J connectivity index is 1.35. The molecular formula is C20H25N3OS2. The highest BCUT2D eigenvalue weighted by Crippen LogP contribution is 2.60. The van der Waals surface area contributed by atoms with Gasteiger partial charge in [0.05, 0.1) is 11.1 Å². The summed E-state index contributed by atoms with van der Waals surface area (Å²) in [5, 5.41) is 1.62. The quantitative estimate of drug-likeness (QED) is 0.604. The zero-order valence-electron chi connectivity index (χ0n) is 15.4. The van der Waals surface area contributed by atoms with Crippen molar-refractivity contribution in [2.24, 2.45) is 23.2 Å². The van der Waals surface area contributed by atoms with Crippen LogP contribution in [0.15, 0.2) is 5.16 Å². The first kappa shape index (κ1) is 17.0. The topological polar surface area (TPSA) is 68.9 Å². The van der Waals surface area contributed by atoms with Gasteiger partial charge in [-0.15, -0.1) is 11.3 Å². The molecule has 4 saturated carbocycles. The number of aromatic nitrogens is 2. The predicted molar refractivity (Wildman–Crippen MR) is 108 cm³/mol. The number of fused-ring (bicyclic) bond motifs is 1.